The minimum absolute atomic E-state index is 0.252. The second-order valence-electron chi connectivity index (χ2n) is 6.15. The SMILES string of the molecule is COc1ccc2[nH]cc(CCNC(=O)c3cc(-n4cnnn4)ccc3Cl)c2c1. The summed E-state index contributed by atoms with van der Waals surface area (Å²) in [5, 5.41) is 15.4. The molecule has 0 radical (unpaired) electrons. The molecular formula is C19H17ClN6O2. The fourth-order valence-corrected chi connectivity index (χ4v) is 3.21. The Morgan fingerprint density at radius 3 is 2.96 bits per heavy atom. The van der Waals surface area contributed by atoms with Crippen molar-refractivity contribution in [3.8, 4) is 11.4 Å². The van der Waals surface area contributed by atoms with Gasteiger partial charge in [0.05, 0.1) is 23.4 Å². The number of tetrazole rings is 1. The number of methoxy groups -OCH3 is 1. The number of aromatic amines is 1. The number of carbonyl (C=O) groups excluding carboxylic acids is 1. The van der Waals surface area contributed by atoms with Crippen molar-refractivity contribution in [1.82, 2.24) is 30.5 Å². The van der Waals surface area contributed by atoms with Crippen LogP contribution in [0, 0.1) is 0 Å². The molecule has 0 atom stereocenters. The van der Waals surface area contributed by atoms with Crippen LogP contribution in [0.4, 0.5) is 0 Å². The molecule has 2 aromatic carbocycles. The molecule has 4 aromatic rings. The van der Waals surface area contributed by atoms with Crippen LogP contribution in [0.3, 0.4) is 0 Å². The summed E-state index contributed by atoms with van der Waals surface area (Å²) >= 11 is 6.20. The number of nitrogens with one attached hydrogen (secondary N) is 2. The smallest absolute Gasteiger partial charge is 0.252 e. The molecule has 0 unspecified atom stereocenters. The molecular weight excluding hydrogens is 380 g/mol. The van der Waals surface area contributed by atoms with Crippen molar-refractivity contribution in [2.24, 2.45) is 0 Å². The van der Waals surface area contributed by atoms with E-state index in [4.69, 9.17) is 16.3 Å². The topological polar surface area (TPSA) is 97.7 Å². The molecule has 2 heterocycles. The summed E-state index contributed by atoms with van der Waals surface area (Å²) in [6.45, 7) is 0.467. The number of ether oxygens (including phenoxy) is 1. The van der Waals surface area contributed by atoms with E-state index >= 15 is 0 Å². The Bertz CT molecular complexity index is 1120. The molecule has 9 heteroatoms. The van der Waals surface area contributed by atoms with Gasteiger partial charge >= 0.3 is 0 Å². The molecule has 0 aliphatic heterocycles. The van der Waals surface area contributed by atoms with Crippen LogP contribution in [0.1, 0.15) is 15.9 Å². The van der Waals surface area contributed by atoms with Gasteiger partial charge in [0.2, 0.25) is 0 Å². The van der Waals surface area contributed by atoms with Crippen molar-refractivity contribution < 1.29 is 9.53 Å². The van der Waals surface area contributed by atoms with Crippen LogP contribution < -0.4 is 10.1 Å². The van der Waals surface area contributed by atoms with Gasteiger partial charge in [0.15, 0.2) is 0 Å². The normalized spacial score (nSPS) is 10.9. The number of halogens is 1. The third-order valence-electron chi connectivity index (χ3n) is 4.46. The lowest BCUT2D eigenvalue weighted by atomic mass is 10.1. The minimum Gasteiger partial charge on any atom is -0.497 e. The van der Waals surface area contributed by atoms with Crippen LogP contribution in [0.2, 0.25) is 5.02 Å². The molecule has 1 amide bonds. The Morgan fingerprint density at radius 2 is 2.18 bits per heavy atom. The Morgan fingerprint density at radius 1 is 1.29 bits per heavy atom. The predicted molar refractivity (Wildman–Crippen MR) is 105 cm³/mol. The van der Waals surface area contributed by atoms with E-state index in [0.717, 1.165) is 22.2 Å². The summed E-state index contributed by atoms with van der Waals surface area (Å²) in [5.41, 5.74) is 3.15. The highest BCUT2D eigenvalue weighted by molar-refractivity contribution is 6.33. The van der Waals surface area contributed by atoms with Gasteiger partial charge in [0.25, 0.3) is 5.91 Å². The average Bonchev–Trinajstić information content (AvgIpc) is 3.38. The zero-order chi connectivity index (χ0) is 19.5. The molecule has 4 rings (SSSR count). The van der Waals surface area contributed by atoms with E-state index in [0.29, 0.717) is 29.2 Å². The van der Waals surface area contributed by atoms with Gasteiger partial charge in [0, 0.05) is 23.6 Å². The van der Waals surface area contributed by atoms with Gasteiger partial charge in [-0.3, -0.25) is 4.79 Å². The van der Waals surface area contributed by atoms with Crippen LogP contribution in [0.5, 0.6) is 5.75 Å². The summed E-state index contributed by atoms with van der Waals surface area (Å²) in [7, 11) is 1.64. The van der Waals surface area contributed by atoms with Crippen LogP contribution in [0.25, 0.3) is 16.6 Å². The lowest BCUT2D eigenvalue weighted by Crippen LogP contribution is -2.26. The van der Waals surface area contributed by atoms with Crippen LogP contribution >= 0.6 is 11.6 Å². The number of H-pyrrole nitrogens is 1. The number of amides is 1. The standard InChI is InChI=1S/C19H17ClN6O2/c1-28-14-3-5-18-15(9-14)12(10-22-18)6-7-21-19(27)16-8-13(2-4-17(16)20)26-11-23-24-25-26/h2-5,8-11,22H,6-7H2,1H3,(H,21,27). The molecule has 0 saturated carbocycles. The van der Waals surface area contributed by atoms with Gasteiger partial charge in [-0.05, 0) is 58.8 Å². The van der Waals surface area contributed by atoms with E-state index < -0.39 is 0 Å². The highest BCUT2D eigenvalue weighted by Crippen LogP contribution is 2.24. The van der Waals surface area contributed by atoms with Crippen LogP contribution in [0.15, 0.2) is 48.9 Å². The maximum atomic E-state index is 12.6. The van der Waals surface area contributed by atoms with Gasteiger partial charge in [-0.15, -0.1) is 5.10 Å². The zero-order valence-electron chi connectivity index (χ0n) is 15.0. The number of hydrogen-bond donors (Lipinski definition) is 2. The lowest BCUT2D eigenvalue weighted by molar-refractivity contribution is 0.0954. The summed E-state index contributed by atoms with van der Waals surface area (Å²) in [6.07, 6.45) is 4.07. The first kappa shape index (κ1) is 18.0. The zero-order valence-corrected chi connectivity index (χ0v) is 15.8. The molecule has 0 aliphatic rings. The Hall–Kier alpha value is -3.39. The van der Waals surface area contributed by atoms with Gasteiger partial charge in [-0.1, -0.05) is 11.6 Å². The Labute approximate surface area is 165 Å². The van der Waals surface area contributed by atoms with Gasteiger partial charge < -0.3 is 15.0 Å². The summed E-state index contributed by atoms with van der Waals surface area (Å²) < 4.78 is 6.75. The number of hydrogen-bond acceptors (Lipinski definition) is 5. The van der Waals surface area contributed by atoms with Crippen molar-refractivity contribution in [2.75, 3.05) is 13.7 Å². The van der Waals surface area contributed by atoms with Gasteiger partial charge in [-0.2, -0.15) is 0 Å². The van der Waals surface area contributed by atoms with Gasteiger partial charge in [0.1, 0.15) is 12.1 Å². The predicted octanol–water partition coefficient (Wildman–Crippen LogP) is 2.78. The Kier molecular flexibility index (Phi) is 4.94. The minimum atomic E-state index is -0.252. The highest BCUT2D eigenvalue weighted by atomic mass is 35.5. The monoisotopic (exact) mass is 396 g/mol. The van der Waals surface area contributed by atoms with E-state index in [9.17, 15) is 4.79 Å². The maximum Gasteiger partial charge on any atom is 0.252 e. The fourth-order valence-electron chi connectivity index (χ4n) is 3.01. The number of nitrogens with zero attached hydrogens (tertiary/aromatic N) is 4. The summed E-state index contributed by atoms with van der Waals surface area (Å²) in [5.74, 6) is 0.543. The molecule has 0 bridgehead atoms. The van der Waals surface area contributed by atoms with Crippen molar-refractivity contribution in [1.29, 1.82) is 0 Å². The average molecular weight is 397 g/mol. The summed E-state index contributed by atoms with van der Waals surface area (Å²) in [4.78, 5) is 15.8. The number of rotatable bonds is 6. The number of benzene rings is 2. The number of carbonyl (C=O) groups is 1. The quantitative estimate of drug-likeness (QED) is 0.522. The first-order chi connectivity index (χ1) is 13.7. The number of fused-ring (bicyclic) bond motifs is 1. The first-order valence-electron chi connectivity index (χ1n) is 8.61. The van der Waals surface area contributed by atoms with Crippen molar-refractivity contribution in [3.05, 3.63) is 65.1 Å². The molecule has 2 aromatic heterocycles. The Balaban J connectivity index is 1.46. The van der Waals surface area contributed by atoms with E-state index in [1.165, 1.54) is 11.0 Å². The maximum absolute atomic E-state index is 12.6. The van der Waals surface area contributed by atoms with E-state index in [1.807, 2.05) is 24.4 Å². The van der Waals surface area contributed by atoms with Crippen molar-refractivity contribution >= 4 is 28.4 Å². The molecule has 8 nitrogen and oxygen atoms in total. The highest BCUT2D eigenvalue weighted by Gasteiger charge is 2.13. The lowest BCUT2D eigenvalue weighted by Gasteiger charge is -2.08. The first-order valence-corrected chi connectivity index (χ1v) is 8.98. The largest absolute Gasteiger partial charge is 0.497 e. The molecule has 28 heavy (non-hydrogen) atoms. The molecule has 2 N–H and O–H groups in total. The van der Waals surface area contributed by atoms with E-state index in [1.54, 1.807) is 25.3 Å². The summed E-state index contributed by atoms with van der Waals surface area (Å²) in [6, 6.07) is 10.9. The van der Waals surface area contributed by atoms with Crippen LogP contribution in [-0.2, 0) is 6.42 Å². The molecule has 0 saturated heterocycles. The van der Waals surface area contributed by atoms with Crippen molar-refractivity contribution in [3.63, 3.8) is 0 Å². The molecule has 0 spiro atoms. The number of aromatic nitrogens is 5. The second kappa shape index (κ2) is 7.69. The van der Waals surface area contributed by atoms with Crippen LogP contribution in [-0.4, -0.2) is 44.8 Å². The van der Waals surface area contributed by atoms with E-state index in [-0.39, 0.29) is 5.91 Å². The molecule has 0 aliphatic carbocycles. The van der Waals surface area contributed by atoms with Gasteiger partial charge in [-0.25, -0.2) is 4.68 Å². The third kappa shape index (κ3) is 3.54. The third-order valence-corrected chi connectivity index (χ3v) is 4.79. The fraction of sp³-hybridized carbons (Fsp3) is 0.158. The second-order valence-corrected chi connectivity index (χ2v) is 6.56. The molecule has 0 fully saturated rings. The van der Waals surface area contributed by atoms with E-state index in [2.05, 4.69) is 25.8 Å². The van der Waals surface area contributed by atoms with Crippen molar-refractivity contribution in [2.45, 2.75) is 6.42 Å². The molecule has 142 valence electrons.